The summed E-state index contributed by atoms with van der Waals surface area (Å²) in [5, 5.41) is 2.96. The largest absolute Gasteiger partial charge is 0.454 e. The SMILES string of the molecule is CN(C(=O)c1ccc2c(c1)OCO2)C(CCNC(=O)c1ccc2c(c1)OCO2)Cc1ccccc1. The molecule has 1 atom stereocenters. The fraction of sp³-hybridized carbons (Fsp3) is 0.259. The molecule has 3 aromatic carbocycles. The summed E-state index contributed by atoms with van der Waals surface area (Å²) in [5.74, 6) is 2.08. The van der Waals surface area contributed by atoms with Crippen LogP contribution in [0, 0.1) is 0 Å². The summed E-state index contributed by atoms with van der Waals surface area (Å²) < 4.78 is 21.5. The van der Waals surface area contributed by atoms with Gasteiger partial charge in [0.05, 0.1) is 0 Å². The molecule has 1 unspecified atom stereocenters. The Kier molecular flexibility index (Phi) is 6.43. The van der Waals surface area contributed by atoms with Crippen LogP contribution in [0.4, 0.5) is 0 Å². The Labute approximate surface area is 203 Å². The van der Waals surface area contributed by atoms with E-state index < -0.39 is 0 Å². The average Bonchev–Trinajstić information content (AvgIpc) is 3.56. The van der Waals surface area contributed by atoms with E-state index in [4.69, 9.17) is 18.9 Å². The normalized spacial score (nSPS) is 13.9. The third kappa shape index (κ3) is 5.01. The number of nitrogens with zero attached hydrogens (tertiary/aromatic N) is 1. The van der Waals surface area contributed by atoms with Crippen molar-refractivity contribution in [2.45, 2.75) is 18.9 Å². The van der Waals surface area contributed by atoms with Gasteiger partial charge in [0.2, 0.25) is 13.6 Å². The molecule has 35 heavy (non-hydrogen) atoms. The molecule has 2 amide bonds. The molecule has 1 N–H and O–H groups in total. The van der Waals surface area contributed by atoms with E-state index in [1.54, 1.807) is 48.3 Å². The van der Waals surface area contributed by atoms with Gasteiger partial charge in [-0.2, -0.15) is 0 Å². The fourth-order valence-corrected chi connectivity index (χ4v) is 4.21. The number of ether oxygens (including phenoxy) is 4. The lowest BCUT2D eigenvalue weighted by Crippen LogP contribution is -2.41. The van der Waals surface area contributed by atoms with Crippen LogP contribution in [0.15, 0.2) is 66.7 Å². The number of amides is 2. The van der Waals surface area contributed by atoms with E-state index in [1.165, 1.54) is 0 Å². The van der Waals surface area contributed by atoms with Crippen LogP contribution in [-0.4, -0.2) is 49.9 Å². The second-order valence-corrected chi connectivity index (χ2v) is 8.44. The molecule has 0 radical (unpaired) electrons. The Hall–Kier alpha value is -4.20. The average molecular weight is 475 g/mol. The first-order valence-corrected chi connectivity index (χ1v) is 11.5. The maximum Gasteiger partial charge on any atom is 0.253 e. The van der Waals surface area contributed by atoms with Crippen molar-refractivity contribution in [3.05, 3.63) is 83.4 Å². The van der Waals surface area contributed by atoms with Crippen LogP contribution >= 0.6 is 0 Å². The molecule has 0 bridgehead atoms. The van der Waals surface area contributed by atoms with Crippen molar-refractivity contribution in [1.29, 1.82) is 0 Å². The summed E-state index contributed by atoms with van der Waals surface area (Å²) in [6, 6.07) is 20.2. The number of carbonyl (C=O) groups excluding carboxylic acids is 2. The first-order chi connectivity index (χ1) is 17.1. The molecule has 5 rings (SSSR count). The maximum atomic E-state index is 13.3. The molecule has 0 spiro atoms. The van der Waals surface area contributed by atoms with Gasteiger partial charge in [0.15, 0.2) is 23.0 Å². The minimum absolute atomic E-state index is 0.119. The molecular formula is C27H26N2O6. The summed E-state index contributed by atoms with van der Waals surface area (Å²) in [5.41, 5.74) is 2.14. The lowest BCUT2D eigenvalue weighted by Gasteiger charge is -2.29. The van der Waals surface area contributed by atoms with E-state index in [-0.39, 0.29) is 31.4 Å². The predicted molar refractivity (Wildman–Crippen MR) is 128 cm³/mol. The van der Waals surface area contributed by atoms with Crippen LogP contribution in [0.3, 0.4) is 0 Å². The lowest BCUT2D eigenvalue weighted by molar-refractivity contribution is 0.0722. The zero-order chi connectivity index (χ0) is 24.2. The Balaban J connectivity index is 1.26. The Bertz CT molecular complexity index is 1230. The molecule has 0 saturated carbocycles. The van der Waals surface area contributed by atoms with Crippen molar-refractivity contribution >= 4 is 11.8 Å². The van der Waals surface area contributed by atoms with Gasteiger partial charge in [0, 0.05) is 30.8 Å². The monoisotopic (exact) mass is 474 g/mol. The Morgan fingerprint density at radius 1 is 0.829 bits per heavy atom. The van der Waals surface area contributed by atoms with Crippen molar-refractivity contribution in [3.8, 4) is 23.0 Å². The molecule has 0 aromatic heterocycles. The van der Waals surface area contributed by atoms with Crippen LogP contribution in [0.2, 0.25) is 0 Å². The molecular weight excluding hydrogens is 448 g/mol. The summed E-state index contributed by atoms with van der Waals surface area (Å²) in [6.07, 6.45) is 1.24. The summed E-state index contributed by atoms with van der Waals surface area (Å²) >= 11 is 0. The second-order valence-electron chi connectivity index (χ2n) is 8.44. The van der Waals surface area contributed by atoms with E-state index in [0.717, 1.165) is 5.56 Å². The van der Waals surface area contributed by atoms with E-state index in [2.05, 4.69) is 5.32 Å². The highest BCUT2D eigenvalue weighted by Crippen LogP contribution is 2.33. The van der Waals surface area contributed by atoms with Crippen LogP contribution < -0.4 is 24.3 Å². The molecule has 8 nitrogen and oxygen atoms in total. The highest BCUT2D eigenvalue weighted by atomic mass is 16.7. The summed E-state index contributed by atoms with van der Waals surface area (Å²) in [6.45, 7) is 0.720. The van der Waals surface area contributed by atoms with Gasteiger partial charge in [-0.15, -0.1) is 0 Å². The van der Waals surface area contributed by atoms with Crippen LogP contribution in [-0.2, 0) is 6.42 Å². The molecule has 2 heterocycles. The molecule has 2 aliphatic rings. The van der Waals surface area contributed by atoms with Crippen LogP contribution in [0.1, 0.15) is 32.7 Å². The number of hydrogen-bond donors (Lipinski definition) is 1. The number of benzene rings is 3. The van der Waals surface area contributed by atoms with Gasteiger partial charge in [0.1, 0.15) is 0 Å². The Morgan fingerprint density at radius 3 is 2.11 bits per heavy atom. The molecule has 2 aliphatic heterocycles. The molecule has 0 saturated heterocycles. The zero-order valence-electron chi connectivity index (χ0n) is 19.4. The van der Waals surface area contributed by atoms with Crippen LogP contribution in [0.25, 0.3) is 0 Å². The van der Waals surface area contributed by atoms with Crippen LogP contribution in [0.5, 0.6) is 23.0 Å². The first kappa shape index (κ1) is 22.6. The summed E-state index contributed by atoms with van der Waals surface area (Å²) in [4.78, 5) is 27.8. The number of fused-ring (bicyclic) bond motifs is 2. The molecule has 0 fully saturated rings. The highest BCUT2D eigenvalue weighted by Gasteiger charge is 2.24. The zero-order valence-corrected chi connectivity index (χ0v) is 19.4. The van der Waals surface area contributed by atoms with Gasteiger partial charge in [-0.05, 0) is 54.8 Å². The second kappa shape index (κ2) is 9.97. The predicted octanol–water partition coefficient (Wildman–Crippen LogP) is 3.65. The third-order valence-electron chi connectivity index (χ3n) is 6.20. The van der Waals surface area contributed by atoms with Crippen molar-refractivity contribution in [1.82, 2.24) is 10.2 Å². The first-order valence-electron chi connectivity index (χ1n) is 11.5. The van der Waals surface area contributed by atoms with Gasteiger partial charge in [0.25, 0.3) is 11.8 Å². The number of carbonyl (C=O) groups is 2. The quantitative estimate of drug-likeness (QED) is 0.537. The smallest absolute Gasteiger partial charge is 0.253 e. The maximum absolute atomic E-state index is 13.3. The van der Waals surface area contributed by atoms with Gasteiger partial charge in [-0.25, -0.2) is 0 Å². The number of nitrogens with one attached hydrogen (secondary N) is 1. The standard InChI is InChI=1S/C27H26N2O6/c1-29(27(31)20-8-10-23-25(15-20)35-17-33-23)21(13-18-5-3-2-4-6-18)11-12-28-26(30)19-7-9-22-24(14-19)34-16-32-22/h2-10,14-15,21H,11-13,16-17H2,1H3,(H,28,30). The van der Waals surface area contributed by atoms with Gasteiger partial charge < -0.3 is 29.2 Å². The highest BCUT2D eigenvalue weighted by molar-refractivity contribution is 5.95. The van der Waals surface area contributed by atoms with Crippen molar-refractivity contribution in [2.75, 3.05) is 27.2 Å². The van der Waals surface area contributed by atoms with Gasteiger partial charge >= 0.3 is 0 Å². The number of rotatable bonds is 8. The number of hydrogen-bond acceptors (Lipinski definition) is 6. The third-order valence-corrected chi connectivity index (χ3v) is 6.20. The molecule has 3 aromatic rings. The van der Waals surface area contributed by atoms with Gasteiger partial charge in [-0.3, -0.25) is 9.59 Å². The molecule has 180 valence electrons. The van der Waals surface area contributed by atoms with E-state index >= 15 is 0 Å². The van der Waals surface area contributed by atoms with Crippen molar-refractivity contribution in [2.24, 2.45) is 0 Å². The van der Waals surface area contributed by atoms with E-state index in [1.807, 2.05) is 30.3 Å². The Morgan fingerprint density at radius 2 is 1.43 bits per heavy atom. The van der Waals surface area contributed by atoms with E-state index in [0.29, 0.717) is 53.5 Å². The van der Waals surface area contributed by atoms with Gasteiger partial charge in [-0.1, -0.05) is 30.3 Å². The fourth-order valence-electron chi connectivity index (χ4n) is 4.21. The summed E-state index contributed by atoms with van der Waals surface area (Å²) in [7, 11) is 1.79. The number of likely N-dealkylation sites (N-methyl/N-ethyl adjacent to an activating group) is 1. The molecule has 0 aliphatic carbocycles. The lowest BCUT2D eigenvalue weighted by atomic mass is 10.0. The van der Waals surface area contributed by atoms with E-state index in [9.17, 15) is 9.59 Å². The minimum Gasteiger partial charge on any atom is -0.454 e. The van der Waals surface area contributed by atoms with Crippen molar-refractivity contribution < 1.29 is 28.5 Å². The van der Waals surface area contributed by atoms with Crippen molar-refractivity contribution in [3.63, 3.8) is 0 Å². The minimum atomic E-state index is -0.202. The molecule has 8 heteroatoms. The topological polar surface area (TPSA) is 86.3 Å².